The van der Waals surface area contributed by atoms with E-state index in [9.17, 15) is 0 Å². The molecular formula is C25H26Cl2N6O. The van der Waals surface area contributed by atoms with Crippen molar-refractivity contribution in [2.45, 2.75) is 20.5 Å². The molecule has 2 saturated heterocycles. The van der Waals surface area contributed by atoms with Crippen molar-refractivity contribution >= 4 is 40.4 Å². The van der Waals surface area contributed by atoms with E-state index in [-0.39, 0.29) is 6.61 Å². The highest BCUT2D eigenvalue weighted by atomic mass is 35.5. The average molecular weight is 497 g/mol. The molecule has 7 nitrogen and oxygen atoms in total. The second-order valence-corrected chi connectivity index (χ2v) is 10.0. The molecule has 0 bridgehead atoms. The van der Waals surface area contributed by atoms with Crippen LogP contribution in [-0.4, -0.2) is 41.9 Å². The van der Waals surface area contributed by atoms with Gasteiger partial charge in [0.25, 0.3) is 0 Å². The van der Waals surface area contributed by atoms with Crippen LogP contribution in [0.15, 0.2) is 36.7 Å². The van der Waals surface area contributed by atoms with Gasteiger partial charge in [-0.2, -0.15) is 0 Å². The Morgan fingerprint density at radius 3 is 2.62 bits per heavy atom. The van der Waals surface area contributed by atoms with Gasteiger partial charge in [0.15, 0.2) is 0 Å². The first-order chi connectivity index (χ1) is 16.3. The molecule has 0 aliphatic carbocycles. The predicted molar refractivity (Wildman–Crippen MR) is 137 cm³/mol. The summed E-state index contributed by atoms with van der Waals surface area (Å²) in [6, 6.07) is 7.27. The molecule has 0 unspecified atom stereocenters. The maximum Gasteiger partial charge on any atom is 0.131 e. The minimum Gasteiger partial charge on any atom is -0.489 e. The van der Waals surface area contributed by atoms with Crippen LogP contribution < -0.4 is 20.7 Å². The number of halogens is 2. The number of hydrogen-bond donors (Lipinski definition) is 3. The molecule has 2 fully saturated rings. The number of aromatic nitrogens is 2. The number of aryl methyl sites for hydroxylation is 2. The molecule has 2 aliphatic rings. The lowest BCUT2D eigenvalue weighted by atomic mass is 9.74. The smallest absolute Gasteiger partial charge is 0.131 e. The summed E-state index contributed by atoms with van der Waals surface area (Å²) in [7, 11) is 0. The number of benzene rings is 1. The molecule has 4 N–H and O–H groups in total. The number of nitrogens with one attached hydrogen (secondary N) is 2. The molecule has 2 aromatic heterocycles. The Kier molecular flexibility index (Phi) is 5.88. The second-order valence-electron chi connectivity index (χ2n) is 9.22. The molecule has 0 saturated carbocycles. The van der Waals surface area contributed by atoms with E-state index in [2.05, 4.69) is 20.2 Å². The van der Waals surface area contributed by atoms with E-state index < -0.39 is 0 Å². The van der Waals surface area contributed by atoms with Crippen molar-refractivity contribution in [2.75, 3.05) is 36.8 Å². The Morgan fingerprint density at radius 2 is 1.94 bits per heavy atom. The van der Waals surface area contributed by atoms with Gasteiger partial charge in [0, 0.05) is 66.4 Å². The molecule has 2 aliphatic heterocycles. The average Bonchev–Trinajstić information content (AvgIpc) is 2.76. The zero-order chi connectivity index (χ0) is 24.0. The van der Waals surface area contributed by atoms with Crippen molar-refractivity contribution in [3.05, 3.63) is 74.7 Å². The molecule has 1 aromatic carbocycles. The number of nitrogen functional groups attached to an aromatic ring is 1. The van der Waals surface area contributed by atoms with E-state index in [1.54, 1.807) is 30.6 Å². The van der Waals surface area contributed by atoms with Crippen molar-refractivity contribution in [3.8, 4) is 5.75 Å². The van der Waals surface area contributed by atoms with Gasteiger partial charge in [0.1, 0.15) is 18.2 Å². The van der Waals surface area contributed by atoms with Crippen molar-refractivity contribution in [2.24, 2.45) is 5.41 Å². The highest BCUT2D eigenvalue weighted by Gasteiger charge is 2.48. The Hall–Kier alpha value is -2.87. The first kappa shape index (κ1) is 22.9. The number of nitrogens with two attached hydrogens (primary N) is 1. The number of anilines is 2. The van der Waals surface area contributed by atoms with Crippen LogP contribution in [-0.2, 0) is 6.61 Å². The van der Waals surface area contributed by atoms with Crippen molar-refractivity contribution in [3.63, 3.8) is 0 Å². The second kappa shape index (κ2) is 8.73. The predicted octanol–water partition coefficient (Wildman–Crippen LogP) is 4.39. The summed E-state index contributed by atoms with van der Waals surface area (Å²) in [5, 5.41) is 13.1. The molecule has 1 spiro atoms. The molecule has 5 rings (SSSR count). The van der Waals surface area contributed by atoms with Gasteiger partial charge < -0.3 is 20.7 Å². The number of rotatable bonds is 6. The summed E-state index contributed by atoms with van der Waals surface area (Å²) < 4.78 is 5.95. The van der Waals surface area contributed by atoms with Crippen LogP contribution >= 0.6 is 23.2 Å². The van der Waals surface area contributed by atoms with Crippen LogP contribution in [0.3, 0.4) is 0 Å². The van der Waals surface area contributed by atoms with Gasteiger partial charge in [-0.15, -0.1) is 0 Å². The number of nitrogens with zero attached hydrogens (tertiary/aromatic N) is 3. The van der Waals surface area contributed by atoms with Gasteiger partial charge in [0.05, 0.1) is 21.5 Å². The lowest BCUT2D eigenvalue weighted by Gasteiger charge is -2.56. The lowest BCUT2D eigenvalue weighted by Crippen LogP contribution is -2.71. The Balaban J connectivity index is 1.33. The standard InChI is InChI=1S/C25H26Cl2N6O/c1-14-5-16(7-32-24(14)33-12-25(13-33)10-30-11-25)23(29)18-6-17(3-4-21(18)28)34-9-19-20(26)8-31-15(2)22(19)27/h3-8,29-30H,9-13,28H2,1-2H3. The van der Waals surface area contributed by atoms with Gasteiger partial charge >= 0.3 is 0 Å². The molecule has 0 atom stereocenters. The summed E-state index contributed by atoms with van der Waals surface area (Å²) in [5.74, 6) is 1.55. The maximum absolute atomic E-state index is 8.79. The fourth-order valence-electron chi connectivity index (χ4n) is 4.55. The van der Waals surface area contributed by atoms with Crippen LogP contribution in [0.2, 0.25) is 10.0 Å². The summed E-state index contributed by atoms with van der Waals surface area (Å²) in [6.45, 7) is 8.26. The van der Waals surface area contributed by atoms with Gasteiger partial charge in [0.2, 0.25) is 0 Å². The monoisotopic (exact) mass is 496 g/mol. The first-order valence-corrected chi connectivity index (χ1v) is 11.9. The quantitative estimate of drug-likeness (QED) is 0.345. The van der Waals surface area contributed by atoms with Gasteiger partial charge in [-0.1, -0.05) is 23.2 Å². The lowest BCUT2D eigenvalue weighted by molar-refractivity contribution is 0.120. The zero-order valence-electron chi connectivity index (χ0n) is 19.1. The molecule has 9 heteroatoms. The fourth-order valence-corrected chi connectivity index (χ4v) is 5.00. The summed E-state index contributed by atoms with van der Waals surface area (Å²) in [5.41, 5.74) is 11.1. The summed E-state index contributed by atoms with van der Waals surface area (Å²) in [4.78, 5) is 11.1. The Labute approximate surface area is 208 Å². The normalized spacial score (nSPS) is 16.2. The zero-order valence-corrected chi connectivity index (χ0v) is 20.6. The topological polar surface area (TPSA) is 100 Å². The molecule has 34 heavy (non-hydrogen) atoms. The summed E-state index contributed by atoms with van der Waals surface area (Å²) in [6.07, 6.45) is 3.31. The van der Waals surface area contributed by atoms with Crippen LogP contribution in [0.4, 0.5) is 11.5 Å². The van der Waals surface area contributed by atoms with Crippen molar-refractivity contribution < 1.29 is 4.74 Å². The van der Waals surface area contributed by atoms with Gasteiger partial charge in [-0.25, -0.2) is 4.98 Å². The number of hydrogen-bond acceptors (Lipinski definition) is 7. The third-order valence-electron chi connectivity index (χ3n) is 6.61. The molecule has 176 valence electrons. The molecular weight excluding hydrogens is 471 g/mol. The Bertz CT molecular complexity index is 1280. The minimum atomic E-state index is 0.180. The largest absolute Gasteiger partial charge is 0.489 e. The highest BCUT2D eigenvalue weighted by molar-refractivity contribution is 6.36. The first-order valence-electron chi connectivity index (χ1n) is 11.1. The van der Waals surface area contributed by atoms with Gasteiger partial charge in [-0.05, 0) is 43.7 Å². The van der Waals surface area contributed by atoms with Crippen LogP contribution in [0.1, 0.15) is 27.9 Å². The third-order valence-corrected chi connectivity index (χ3v) is 7.44. The third kappa shape index (κ3) is 4.08. The number of pyridine rings is 2. The van der Waals surface area contributed by atoms with Crippen LogP contribution in [0.25, 0.3) is 0 Å². The van der Waals surface area contributed by atoms with Gasteiger partial charge in [-0.3, -0.25) is 10.4 Å². The van der Waals surface area contributed by atoms with Crippen LogP contribution in [0, 0.1) is 24.7 Å². The van der Waals surface area contributed by atoms with E-state index in [4.69, 9.17) is 39.1 Å². The SMILES string of the molecule is Cc1cc(C(=N)c2cc(OCc3c(Cl)cnc(C)c3Cl)ccc2N)cnc1N1CC2(CNC2)C1. The molecule has 3 aromatic rings. The highest BCUT2D eigenvalue weighted by Crippen LogP contribution is 2.38. The molecule has 4 heterocycles. The fraction of sp³-hybridized carbons (Fsp3) is 0.320. The van der Waals surface area contributed by atoms with Crippen molar-refractivity contribution in [1.29, 1.82) is 5.41 Å². The van der Waals surface area contributed by atoms with E-state index in [0.717, 1.165) is 37.6 Å². The van der Waals surface area contributed by atoms with Crippen molar-refractivity contribution in [1.82, 2.24) is 15.3 Å². The van der Waals surface area contributed by atoms with E-state index in [1.807, 2.05) is 19.9 Å². The minimum absolute atomic E-state index is 0.180. The van der Waals surface area contributed by atoms with E-state index in [0.29, 0.717) is 55.0 Å². The molecule has 0 radical (unpaired) electrons. The van der Waals surface area contributed by atoms with E-state index >= 15 is 0 Å². The molecule has 0 amide bonds. The van der Waals surface area contributed by atoms with E-state index in [1.165, 1.54) is 0 Å². The Morgan fingerprint density at radius 1 is 1.18 bits per heavy atom. The summed E-state index contributed by atoms with van der Waals surface area (Å²) >= 11 is 12.6. The maximum atomic E-state index is 8.79. The number of ether oxygens (including phenoxy) is 1. The van der Waals surface area contributed by atoms with Crippen LogP contribution in [0.5, 0.6) is 5.75 Å².